The third-order valence-corrected chi connectivity index (χ3v) is 22.0. The van der Waals surface area contributed by atoms with Crippen molar-refractivity contribution >= 4 is 82.5 Å². The van der Waals surface area contributed by atoms with E-state index in [1.165, 1.54) is 79.8 Å². The first-order chi connectivity index (χ1) is 46.2. The van der Waals surface area contributed by atoms with Crippen molar-refractivity contribution in [2.75, 3.05) is 81.6 Å². The van der Waals surface area contributed by atoms with Crippen LogP contribution in [0.25, 0.3) is 0 Å². The fraction of sp³-hybridized carbons (Fsp3) is 0.743. The number of fused-ring (bicyclic) bond motifs is 2. The molecule has 2 saturated carbocycles. The highest BCUT2D eigenvalue weighted by Gasteiger charge is 2.51. The van der Waals surface area contributed by atoms with Gasteiger partial charge in [0.05, 0.1) is 30.1 Å². The van der Waals surface area contributed by atoms with E-state index in [4.69, 9.17) is 11.6 Å². The van der Waals surface area contributed by atoms with Gasteiger partial charge >= 0.3 is 6.18 Å². The van der Waals surface area contributed by atoms with Crippen molar-refractivity contribution in [3.05, 3.63) is 34.3 Å². The molecule has 1 spiro atoms. The van der Waals surface area contributed by atoms with Gasteiger partial charge in [0.2, 0.25) is 70.9 Å². The largest absolute Gasteiger partial charge is 0.417 e. The van der Waals surface area contributed by atoms with Crippen molar-refractivity contribution in [3.8, 4) is 0 Å². The summed E-state index contributed by atoms with van der Waals surface area (Å²) in [4.78, 5) is 190. The second kappa shape index (κ2) is 34.3. The highest BCUT2D eigenvalue weighted by molar-refractivity contribution is 6.31. The molecule has 4 aliphatic heterocycles. The lowest BCUT2D eigenvalue weighted by atomic mass is 9.84. The highest BCUT2D eigenvalue weighted by Crippen LogP contribution is 2.37. The first kappa shape index (κ1) is 78.3. The van der Waals surface area contributed by atoms with Gasteiger partial charge in [0, 0.05) is 68.5 Å². The number of rotatable bonds is 9. The van der Waals surface area contributed by atoms with Crippen molar-refractivity contribution < 1.29 is 70.7 Å². The number of aryl methyl sites for hydroxylation is 1. The van der Waals surface area contributed by atoms with Crippen LogP contribution in [0.2, 0.25) is 5.02 Å². The maximum Gasteiger partial charge on any atom is 0.417 e. The number of hydrogen-bond donors (Lipinski definition) is 3. The van der Waals surface area contributed by atoms with Crippen LogP contribution in [-0.4, -0.2) is 250 Å². The Bertz CT molecular complexity index is 3080. The molecule has 0 bridgehead atoms. The van der Waals surface area contributed by atoms with E-state index in [-0.39, 0.29) is 64.0 Å². The molecule has 98 heavy (non-hydrogen) atoms. The normalized spacial score (nSPS) is 27.6. The standard InChI is InChI=1S/C70H106ClF3N12O12/c1-12-44(4)58-66(96)79(7)41-56(88)78(6)42-57(89)81(9)53(39-46-24-15-13-16-25-46)65(95)86-36-22-17-26-51(86)61(91)75-50(31-29-47-28-30-48(49(71)38-47)70(72,73)74)63(93)85-37-23-27-52(85)62(92)77-69(32-18-19-33-69)68(98)83(11)59(43(2)3)67(97)82(10)54(64(94)84-34-20-14-21-35-84)40-55(87)80(8)45(5)60(90)76-58/h28,30,38,43-46,50-54,58-59H,12-27,29,31-37,39-42H2,1-11H3,(H,75,91)(H,76,90)(H,77,92)/t44-,45-,50-,51+,52-,53-,54-,58-,59-/m0/s1. The molecule has 4 heterocycles. The zero-order valence-corrected chi connectivity index (χ0v) is 60.1. The van der Waals surface area contributed by atoms with Crippen LogP contribution in [-0.2, 0) is 70.1 Å². The van der Waals surface area contributed by atoms with E-state index >= 15 is 28.8 Å². The van der Waals surface area contributed by atoms with Crippen molar-refractivity contribution in [2.24, 2.45) is 17.8 Å². The van der Waals surface area contributed by atoms with Gasteiger partial charge in [-0.2, -0.15) is 13.2 Å². The lowest BCUT2D eigenvalue weighted by molar-refractivity contribution is -0.156. The molecule has 24 nitrogen and oxygen atoms in total. The third-order valence-electron chi connectivity index (χ3n) is 21.7. The van der Waals surface area contributed by atoms with E-state index in [1.54, 1.807) is 25.7 Å². The summed E-state index contributed by atoms with van der Waals surface area (Å²) in [5.41, 5.74) is -2.33. The van der Waals surface area contributed by atoms with Gasteiger partial charge in [0.1, 0.15) is 53.9 Å². The molecule has 12 amide bonds. The number of piperidine rings is 2. The molecule has 0 radical (unpaired) electrons. The van der Waals surface area contributed by atoms with Gasteiger partial charge in [0.15, 0.2) is 0 Å². The number of nitrogens with zero attached hydrogens (tertiary/aromatic N) is 9. The Morgan fingerprint density at radius 3 is 1.83 bits per heavy atom. The van der Waals surface area contributed by atoms with Crippen molar-refractivity contribution in [2.45, 2.75) is 236 Å². The summed E-state index contributed by atoms with van der Waals surface area (Å²) in [6.07, 6.45) is 4.67. The van der Waals surface area contributed by atoms with E-state index in [1.807, 2.05) is 6.92 Å². The second-order valence-electron chi connectivity index (χ2n) is 28.8. The molecule has 3 N–H and O–H groups in total. The van der Waals surface area contributed by atoms with Gasteiger partial charge in [-0.25, -0.2) is 0 Å². The van der Waals surface area contributed by atoms with Crippen LogP contribution in [0.5, 0.6) is 0 Å². The maximum atomic E-state index is 15.4. The first-order valence-electron chi connectivity index (χ1n) is 35.5. The van der Waals surface area contributed by atoms with Crippen molar-refractivity contribution in [1.82, 2.24) is 60.0 Å². The van der Waals surface area contributed by atoms with Crippen molar-refractivity contribution in [3.63, 3.8) is 0 Å². The van der Waals surface area contributed by atoms with Crippen LogP contribution in [0.15, 0.2) is 18.2 Å². The van der Waals surface area contributed by atoms with E-state index in [2.05, 4.69) is 16.0 Å². The second-order valence-corrected chi connectivity index (χ2v) is 29.2. The number of likely N-dealkylation sites (N-methyl/N-ethyl adjacent to an activating group) is 6. The lowest BCUT2D eigenvalue weighted by Gasteiger charge is -2.42. The zero-order valence-electron chi connectivity index (χ0n) is 59.3. The van der Waals surface area contributed by atoms with Crippen LogP contribution >= 0.6 is 11.6 Å². The predicted molar refractivity (Wildman–Crippen MR) is 360 cm³/mol. The molecule has 2 aliphatic carbocycles. The number of halogens is 4. The molecule has 1 aromatic carbocycles. The van der Waals surface area contributed by atoms with E-state index in [0.717, 1.165) is 65.4 Å². The Morgan fingerprint density at radius 2 is 1.20 bits per heavy atom. The third kappa shape index (κ3) is 18.7. The Morgan fingerprint density at radius 1 is 0.622 bits per heavy atom. The van der Waals surface area contributed by atoms with Gasteiger partial charge in [-0.1, -0.05) is 96.7 Å². The molecule has 4 saturated heterocycles. The summed E-state index contributed by atoms with van der Waals surface area (Å²) < 4.78 is 41.8. The quantitative estimate of drug-likeness (QED) is 0.281. The minimum atomic E-state index is -4.76. The van der Waals surface area contributed by atoms with Crippen LogP contribution in [0.1, 0.15) is 181 Å². The minimum absolute atomic E-state index is 0.0297. The Kier molecular flexibility index (Phi) is 27.4. The van der Waals surface area contributed by atoms with Crippen LogP contribution in [0, 0.1) is 17.8 Å². The molecular formula is C70H106ClF3N12O12. The molecule has 0 aromatic heterocycles. The molecule has 0 unspecified atom stereocenters. The number of benzene rings is 1. The number of alkyl halides is 3. The molecule has 1 aromatic rings. The smallest absolute Gasteiger partial charge is 0.342 e. The SMILES string of the molecule is CC[C@H](C)[C@@H]1NC(=O)[C@H](C)N(C)C(=O)C[C@@H](C(=O)N2CCCCC2)N(C)C(=O)[C@H](C(C)C)N(C)C(=O)C2(CCCC2)NC(=O)[C@@H]2CCCN2C(=O)[C@H](CCc2ccc(C(F)(F)F)c(Cl)c2)NC(=O)[C@H]2CCCCN2C(=O)[C@H](CC2CCCCC2)N(C)C(=O)CN(C)C(=O)CN(C)C1=O. The predicted octanol–water partition coefficient (Wildman–Crippen LogP) is 5.40. The molecular weight excluding hydrogens is 1290 g/mol. The summed E-state index contributed by atoms with van der Waals surface area (Å²) in [5, 5.41) is 8.19. The number of likely N-dealkylation sites (tertiary alicyclic amines) is 1. The molecule has 6 fully saturated rings. The molecule has 9 atom stereocenters. The summed E-state index contributed by atoms with van der Waals surface area (Å²) in [6.45, 7) is 8.33. The number of hydrogen-bond acceptors (Lipinski definition) is 12. The topological polar surface area (TPSA) is 270 Å². The minimum Gasteiger partial charge on any atom is -0.342 e. The number of carbonyl (C=O) groups excluding carboxylic acids is 12. The Hall–Kier alpha value is -7.06. The van der Waals surface area contributed by atoms with Gasteiger partial charge < -0.3 is 60.0 Å². The summed E-state index contributed by atoms with van der Waals surface area (Å²) in [5.74, 6) is -8.73. The maximum absolute atomic E-state index is 15.4. The van der Waals surface area contributed by atoms with Gasteiger partial charge in [-0.3, -0.25) is 57.5 Å². The summed E-state index contributed by atoms with van der Waals surface area (Å²) in [6, 6.07) is -6.74. The Balaban J connectivity index is 1.28. The van der Waals surface area contributed by atoms with Crippen LogP contribution in [0.3, 0.4) is 0 Å². The molecule has 28 heteroatoms. The number of carbonyl (C=O) groups is 12. The van der Waals surface area contributed by atoms with Crippen LogP contribution in [0.4, 0.5) is 13.2 Å². The molecule has 7 rings (SSSR count). The zero-order chi connectivity index (χ0) is 72.2. The fourth-order valence-electron chi connectivity index (χ4n) is 15.1. The Labute approximate surface area is 580 Å². The van der Waals surface area contributed by atoms with E-state index < -0.39 is 173 Å². The first-order valence-corrected chi connectivity index (χ1v) is 35.8. The molecule has 6 aliphatic rings. The van der Waals surface area contributed by atoms with Gasteiger partial charge in [-0.15, -0.1) is 0 Å². The summed E-state index contributed by atoms with van der Waals surface area (Å²) in [7, 11) is 8.47. The highest BCUT2D eigenvalue weighted by atomic mass is 35.5. The average Bonchev–Trinajstić information content (AvgIpc) is 1.21. The van der Waals surface area contributed by atoms with Crippen molar-refractivity contribution in [1.29, 1.82) is 0 Å². The average molecular weight is 1400 g/mol. The van der Waals surface area contributed by atoms with Crippen LogP contribution < -0.4 is 16.0 Å². The fourth-order valence-corrected chi connectivity index (χ4v) is 15.4. The molecule has 546 valence electrons. The monoisotopic (exact) mass is 1400 g/mol. The summed E-state index contributed by atoms with van der Waals surface area (Å²) >= 11 is 6.19. The van der Waals surface area contributed by atoms with E-state index in [0.29, 0.717) is 70.0 Å². The lowest BCUT2D eigenvalue weighted by Crippen LogP contribution is -2.65. The van der Waals surface area contributed by atoms with Gasteiger partial charge in [0.25, 0.3) is 0 Å². The van der Waals surface area contributed by atoms with Gasteiger partial charge in [-0.05, 0) is 126 Å². The number of amides is 12. The van der Waals surface area contributed by atoms with E-state index in [9.17, 15) is 41.9 Å². The number of nitrogens with one attached hydrogen (secondary N) is 3.